The summed E-state index contributed by atoms with van der Waals surface area (Å²) in [4.78, 5) is 86.3. The third-order valence-electron chi connectivity index (χ3n) is 7.29. The van der Waals surface area contributed by atoms with Crippen molar-refractivity contribution in [1.82, 2.24) is 54.2 Å². The van der Waals surface area contributed by atoms with E-state index in [0.29, 0.717) is 70.3 Å². The first-order valence-corrected chi connectivity index (χ1v) is 23.3. The van der Waals surface area contributed by atoms with Crippen LogP contribution in [0.15, 0.2) is 127 Å². The highest BCUT2D eigenvalue weighted by Gasteiger charge is 2.20. The van der Waals surface area contributed by atoms with Crippen LogP contribution in [0.4, 0.5) is 11.6 Å². The molecule has 0 bridgehead atoms. The van der Waals surface area contributed by atoms with Crippen LogP contribution in [0.5, 0.6) is 0 Å². The van der Waals surface area contributed by atoms with Crippen molar-refractivity contribution in [3.8, 4) is 0 Å². The maximum atomic E-state index is 12.2. The second kappa shape index (κ2) is 38.7. The van der Waals surface area contributed by atoms with Crippen LogP contribution in [-0.4, -0.2) is 131 Å². The van der Waals surface area contributed by atoms with Gasteiger partial charge < -0.3 is 30.8 Å². The number of halogens is 4. The van der Waals surface area contributed by atoms with Gasteiger partial charge >= 0.3 is 0 Å². The average Bonchev–Trinajstić information content (AvgIpc) is 3.97. The van der Waals surface area contributed by atoms with Crippen LogP contribution in [0.3, 0.4) is 0 Å². The molecule has 352 valence electrons. The summed E-state index contributed by atoms with van der Waals surface area (Å²) in [5.74, 6) is -0.122. The quantitative estimate of drug-likeness (QED) is 0.0264. The van der Waals surface area contributed by atoms with E-state index < -0.39 is 11.8 Å². The smallest absolute Gasteiger partial charge is 0.252 e. The highest BCUT2D eigenvalue weighted by Crippen LogP contribution is 2.14. The lowest BCUT2D eigenvalue weighted by Crippen LogP contribution is -2.38. The molecule has 4 heterocycles. The summed E-state index contributed by atoms with van der Waals surface area (Å²) in [6.45, 7) is 30.6. The Kier molecular flexibility index (Phi) is 36.6. The first kappa shape index (κ1) is 61.4. The Hall–Kier alpha value is -5.71. The maximum absolute atomic E-state index is 12.2. The van der Waals surface area contributed by atoms with E-state index in [-0.39, 0.29) is 35.4 Å². The van der Waals surface area contributed by atoms with E-state index in [1.54, 1.807) is 34.1 Å². The Morgan fingerprint density at radius 2 is 1.11 bits per heavy atom. The number of imidazole rings is 2. The van der Waals surface area contributed by atoms with Gasteiger partial charge in [-0.3, -0.25) is 28.9 Å². The van der Waals surface area contributed by atoms with E-state index in [2.05, 4.69) is 151 Å². The summed E-state index contributed by atoms with van der Waals surface area (Å²) in [7, 11) is 0. The van der Waals surface area contributed by atoms with Gasteiger partial charge in [0.05, 0.1) is 28.6 Å². The van der Waals surface area contributed by atoms with Crippen LogP contribution >= 0.6 is 63.7 Å². The molecule has 22 heteroatoms. The number of hydrogen-bond donors (Lipinski definition) is 3. The molecule has 18 nitrogen and oxygen atoms in total. The van der Waals surface area contributed by atoms with E-state index >= 15 is 0 Å². The minimum absolute atomic E-state index is 0.0162. The number of nitrogen functional groups attached to an aromatic ring is 2. The third-order valence-corrected chi connectivity index (χ3v) is 9.80. The number of amides is 4. The number of nitrogens with zero attached hydrogens (tertiary/aromatic N) is 10. The minimum atomic E-state index is -0.488. The van der Waals surface area contributed by atoms with E-state index in [0.717, 1.165) is 23.8 Å². The Morgan fingerprint density at radius 1 is 0.631 bits per heavy atom. The van der Waals surface area contributed by atoms with Crippen molar-refractivity contribution < 1.29 is 24.0 Å². The van der Waals surface area contributed by atoms with Crippen LogP contribution in [0.1, 0.15) is 19.3 Å². The molecule has 0 aromatic carbocycles. The molecular weight excluding hydrogens is 1100 g/mol. The number of hydrogen-bond acceptors (Lipinski definition) is 13. The van der Waals surface area contributed by atoms with E-state index in [4.69, 9.17) is 11.5 Å². The van der Waals surface area contributed by atoms with Crippen molar-refractivity contribution >= 4 is 126 Å². The van der Waals surface area contributed by atoms with Gasteiger partial charge in [-0.1, -0.05) is 96.9 Å². The van der Waals surface area contributed by atoms with Crippen molar-refractivity contribution in [2.24, 2.45) is 0 Å². The van der Waals surface area contributed by atoms with Gasteiger partial charge in [0.1, 0.15) is 30.2 Å². The van der Waals surface area contributed by atoms with Gasteiger partial charge in [-0.2, -0.15) is 0 Å². The van der Waals surface area contributed by atoms with Gasteiger partial charge in [-0.15, -0.1) is 46.1 Å². The SMILES string of the molecule is C=CCCCC=C.C=CCN(C(=O)C=C)C(=O)Cn1cnc2c(N)ncnc21.C=CCN(CC=C)C(=O)CBr.C=CCN(CC=C)C(=O)CBr.Nc1ncnc2nc[nH]c12.O=C(Br)CBr. The number of aromatic amines is 1. The molecule has 4 rings (SSSR count). The molecule has 0 aliphatic carbocycles. The van der Waals surface area contributed by atoms with Crippen molar-refractivity contribution in [2.45, 2.75) is 25.8 Å². The molecule has 0 spiro atoms. The fourth-order valence-electron chi connectivity index (χ4n) is 4.34. The topological polar surface area (TPSA) is 245 Å². The van der Waals surface area contributed by atoms with Crippen molar-refractivity contribution in [1.29, 1.82) is 0 Å². The molecule has 0 radical (unpaired) electrons. The molecule has 0 saturated carbocycles. The minimum Gasteiger partial charge on any atom is -0.382 e. The number of carbonyl (C=O) groups is 5. The number of anilines is 2. The zero-order chi connectivity index (χ0) is 49.6. The van der Waals surface area contributed by atoms with Crippen LogP contribution < -0.4 is 11.5 Å². The van der Waals surface area contributed by atoms with Gasteiger partial charge in [0, 0.05) is 32.7 Å². The van der Waals surface area contributed by atoms with Gasteiger partial charge in [-0.25, -0.2) is 29.9 Å². The molecule has 5 N–H and O–H groups in total. The molecule has 4 amide bonds. The maximum Gasteiger partial charge on any atom is 0.252 e. The molecule has 0 unspecified atom stereocenters. The first-order chi connectivity index (χ1) is 31.2. The second-order valence-corrected chi connectivity index (χ2v) is 14.6. The van der Waals surface area contributed by atoms with Crippen molar-refractivity contribution in [3.63, 3.8) is 0 Å². The lowest BCUT2D eigenvalue weighted by molar-refractivity contribution is -0.141. The van der Waals surface area contributed by atoms with Crippen LogP contribution in [0.2, 0.25) is 0 Å². The van der Waals surface area contributed by atoms with Gasteiger partial charge in [0.15, 0.2) is 22.9 Å². The van der Waals surface area contributed by atoms with Crippen LogP contribution in [0.25, 0.3) is 22.3 Å². The number of rotatable bonds is 20. The Morgan fingerprint density at radius 3 is 1.52 bits per heavy atom. The number of nitrogens with two attached hydrogens (primary N) is 2. The van der Waals surface area contributed by atoms with E-state index in [1.165, 1.54) is 42.4 Å². The lowest BCUT2D eigenvalue weighted by Gasteiger charge is -2.17. The number of H-pyrrole nitrogens is 1. The first-order valence-electron chi connectivity index (χ1n) is 19.1. The van der Waals surface area contributed by atoms with Gasteiger partial charge in [0.2, 0.25) is 22.4 Å². The Balaban J connectivity index is 0. The number of imide groups is 1. The van der Waals surface area contributed by atoms with Crippen LogP contribution in [-0.2, 0) is 30.5 Å². The number of aromatic nitrogens is 8. The number of fused-ring (bicyclic) bond motifs is 2. The largest absolute Gasteiger partial charge is 0.382 e. The summed E-state index contributed by atoms with van der Waals surface area (Å²) >= 11 is 11.8. The highest BCUT2D eigenvalue weighted by atomic mass is 79.9. The van der Waals surface area contributed by atoms with Crippen LogP contribution in [0, 0.1) is 0 Å². The molecule has 0 atom stereocenters. The molecule has 4 aromatic heterocycles. The fourth-order valence-corrected chi connectivity index (χ4v) is 5.05. The normalized spacial score (nSPS) is 9.35. The van der Waals surface area contributed by atoms with E-state index in [1.807, 2.05) is 12.2 Å². The molecule has 0 fully saturated rings. The Bertz CT molecular complexity index is 2100. The van der Waals surface area contributed by atoms with Gasteiger partial charge in [0.25, 0.3) is 5.91 Å². The standard InChI is InChI=1S/C13H14N6O2.2C8H12BrNO.C7H12.C5H5N5.C2H2Br2O/c1-3-5-19(9(20)4-2)10(21)6-18-8-17-11-12(14)15-7-16-13(11)18;2*1-3-5-10(6-4-2)8(11)7-9;1-3-5-7-6-4-2;6-4-3-5(9-1-7-3)10-2-8-4;3-1-2(4)5/h3-4,7-8H,1-2,5-6H2,(H2,14,15,16);2*3-4H,1-2,5-7H2;3-4H,1-2,5-7H2;1-2H,(H3,6,7,8,9,10);1H2. The average molecular weight is 1160 g/mol. The third kappa shape index (κ3) is 26.0. The summed E-state index contributed by atoms with van der Waals surface area (Å²) in [6.07, 6.45) is 22.3. The molecule has 65 heavy (non-hydrogen) atoms. The number of allylic oxidation sites excluding steroid dienone is 2. The number of alkyl halides is 3. The molecule has 0 aliphatic rings. The Labute approximate surface area is 414 Å². The van der Waals surface area contributed by atoms with Crippen molar-refractivity contribution in [2.75, 3.05) is 60.2 Å². The monoisotopic (exact) mass is 1150 g/mol. The fraction of sp³-hybridized carbons (Fsp3) is 0.279. The second-order valence-electron chi connectivity index (χ2n) is 12.0. The molecule has 4 aromatic rings. The molecule has 0 saturated heterocycles. The lowest BCUT2D eigenvalue weighted by atomic mass is 10.2. The predicted octanol–water partition coefficient (Wildman–Crippen LogP) is 7.07. The van der Waals surface area contributed by atoms with Gasteiger partial charge in [-0.05, 0) is 41.3 Å². The number of nitrogens with one attached hydrogen (secondary N) is 1. The number of unbranched alkanes of at least 4 members (excludes halogenated alkanes) is 2. The zero-order valence-electron chi connectivity index (χ0n) is 36.3. The summed E-state index contributed by atoms with van der Waals surface area (Å²) in [5.41, 5.74) is 13.3. The number of carbonyl (C=O) groups excluding carboxylic acids is 5. The van der Waals surface area contributed by atoms with Crippen molar-refractivity contribution in [3.05, 3.63) is 127 Å². The summed E-state index contributed by atoms with van der Waals surface area (Å²) in [6, 6.07) is 0. The predicted molar refractivity (Wildman–Crippen MR) is 276 cm³/mol. The zero-order valence-corrected chi connectivity index (χ0v) is 42.6. The summed E-state index contributed by atoms with van der Waals surface area (Å²) in [5, 5.41) is 1.11. The highest BCUT2D eigenvalue weighted by molar-refractivity contribution is 9.19. The molecule has 0 aliphatic heterocycles. The van der Waals surface area contributed by atoms with E-state index in [9.17, 15) is 24.0 Å². The molecular formula is C43H57Br4N13O5. The summed E-state index contributed by atoms with van der Waals surface area (Å²) < 4.78 is 1.49.